The fourth-order valence-corrected chi connectivity index (χ4v) is 3.12. The molecule has 1 heterocycles. The number of aliphatic hydroxyl groups is 1. The number of aromatic amines is 1. The van der Waals surface area contributed by atoms with Gasteiger partial charge in [0.15, 0.2) is 0 Å². The van der Waals surface area contributed by atoms with Crippen molar-refractivity contribution >= 4 is 28.7 Å². The van der Waals surface area contributed by atoms with Crippen LogP contribution in [-0.4, -0.2) is 51.6 Å². The molecule has 2 rings (SSSR count). The van der Waals surface area contributed by atoms with E-state index in [1.54, 1.807) is 27.0 Å². The number of nitrogens with one attached hydrogen (secondary N) is 3. The SMILES string of the molecule is CC(C)[C@H](Nc1cccc2[nH]cc(C[C@@H](CO)NC(=O)OC(C)(C)C)c12)C(=O)O. The zero-order valence-corrected chi connectivity index (χ0v) is 17.6. The molecule has 0 aliphatic heterocycles. The second-order valence-corrected chi connectivity index (χ2v) is 8.48. The number of H-pyrrole nitrogens is 1. The van der Waals surface area contributed by atoms with Gasteiger partial charge in [-0.05, 0) is 50.8 Å². The van der Waals surface area contributed by atoms with E-state index in [0.29, 0.717) is 12.1 Å². The molecule has 0 fully saturated rings. The second kappa shape index (κ2) is 9.17. The summed E-state index contributed by atoms with van der Waals surface area (Å²) in [6.45, 7) is 8.74. The van der Waals surface area contributed by atoms with Crippen molar-refractivity contribution in [1.82, 2.24) is 10.3 Å². The number of amides is 1. The van der Waals surface area contributed by atoms with Gasteiger partial charge in [0, 0.05) is 22.8 Å². The molecule has 0 bridgehead atoms. The van der Waals surface area contributed by atoms with E-state index >= 15 is 0 Å². The highest BCUT2D eigenvalue weighted by Gasteiger charge is 2.24. The highest BCUT2D eigenvalue weighted by atomic mass is 16.6. The molecule has 2 aromatic rings. The fourth-order valence-electron chi connectivity index (χ4n) is 3.12. The Morgan fingerprint density at radius 1 is 1.24 bits per heavy atom. The third-order valence-corrected chi connectivity index (χ3v) is 4.44. The van der Waals surface area contributed by atoms with Gasteiger partial charge in [0.25, 0.3) is 0 Å². The summed E-state index contributed by atoms with van der Waals surface area (Å²) in [4.78, 5) is 26.8. The third kappa shape index (κ3) is 6.12. The highest BCUT2D eigenvalue weighted by Crippen LogP contribution is 2.29. The minimum Gasteiger partial charge on any atom is -0.480 e. The molecule has 0 radical (unpaired) electrons. The number of carbonyl (C=O) groups is 2. The summed E-state index contributed by atoms with van der Waals surface area (Å²) in [5.74, 6) is -1.03. The largest absolute Gasteiger partial charge is 0.480 e. The number of carbonyl (C=O) groups excluding carboxylic acids is 1. The summed E-state index contributed by atoms with van der Waals surface area (Å²) >= 11 is 0. The van der Waals surface area contributed by atoms with Gasteiger partial charge in [-0.25, -0.2) is 9.59 Å². The predicted octanol–water partition coefficient (Wildman–Crippen LogP) is 3.12. The van der Waals surface area contributed by atoms with Crippen LogP contribution in [0.15, 0.2) is 24.4 Å². The van der Waals surface area contributed by atoms with Crippen LogP contribution in [0, 0.1) is 5.92 Å². The van der Waals surface area contributed by atoms with Crippen LogP contribution in [0.4, 0.5) is 10.5 Å². The lowest BCUT2D eigenvalue weighted by Gasteiger charge is -2.23. The highest BCUT2D eigenvalue weighted by molar-refractivity contribution is 5.96. The zero-order valence-electron chi connectivity index (χ0n) is 17.6. The first-order valence-electron chi connectivity index (χ1n) is 9.70. The molecular weight excluding hydrogens is 374 g/mol. The Bertz CT molecular complexity index is 854. The monoisotopic (exact) mass is 405 g/mol. The summed E-state index contributed by atoms with van der Waals surface area (Å²) in [5.41, 5.74) is 1.75. The average Bonchev–Trinajstić information content (AvgIpc) is 3.00. The van der Waals surface area contributed by atoms with Gasteiger partial charge >= 0.3 is 12.1 Å². The van der Waals surface area contributed by atoms with E-state index in [1.165, 1.54) is 0 Å². The normalized spacial score (nSPS) is 13.9. The number of alkyl carbamates (subject to hydrolysis) is 1. The van der Waals surface area contributed by atoms with Crippen LogP contribution in [0.2, 0.25) is 0 Å². The van der Waals surface area contributed by atoms with Crippen LogP contribution < -0.4 is 10.6 Å². The lowest BCUT2D eigenvalue weighted by molar-refractivity contribution is -0.138. The molecule has 2 atom stereocenters. The molecule has 8 nitrogen and oxygen atoms in total. The van der Waals surface area contributed by atoms with Gasteiger partial charge in [-0.3, -0.25) is 0 Å². The van der Waals surface area contributed by atoms with Crippen LogP contribution in [0.3, 0.4) is 0 Å². The van der Waals surface area contributed by atoms with Crippen molar-refractivity contribution in [2.24, 2.45) is 5.92 Å². The van der Waals surface area contributed by atoms with Crippen molar-refractivity contribution in [3.8, 4) is 0 Å². The number of hydrogen-bond donors (Lipinski definition) is 5. The Kier molecular flexibility index (Phi) is 7.13. The third-order valence-electron chi connectivity index (χ3n) is 4.44. The predicted molar refractivity (Wildman–Crippen MR) is 112 cm³/mol. The molecule has 0 aliphatic rings. The van der Waals surface area contributed by atoms with Crippen molar-refractivity contribution in [2.75, 3.05) is 11.9 Å². The molecule has 8 heteroatoms. The molecule has 0 saturated heterocycles. The molecule has 0 saturated carbocycles. The van der Waals surface area contributed by atoms with Gasteiger partial charge in [0.05, 0.1) is 12.6 Å². The van der Waals surface area contributed by atoms with Crippen LogP contribution >= 0.6 is 0 Å². The zero-order chi connectivity index (χ0) is 21.8. The second-order valence-electron chi connectivity index (χ2n) is 8.48. The van der Waals surface area contributed by atoms with Crippen molar-refractivity contribution in [3.05, 3.63) is 30.0 Å². The first-order valence-corrected chi connectivity index (χ1v) is 9.70. The Morgan fingerprint density at radius 3 is 2.48 bits per heavy atom. The smallest absolute Gasteiger partial charge is 0.407 e. The quantitative estimate of drug-likeness (QED) is 0.460. The number of aromatic nitrogens is 1. The number of fused-ring (bicyclic) bond motifs is 1. The topological polar surface area (TPSA) is 124 Å². The van der Waals surface area contributed by atoms with Gasteiger partial charge in [-0.15, -0.1) is 0 Å². The molecule has 1 amide bonds. The molecule has 1 aromatic heterocycles. The Balaban J connectivity index is 2.27. The van der Waals surface area contributed by atoms with Crippen LogP contribution in [0.5, 0.6) is 0 Å². The molecule has 0 unspecified atom stereocenters. The van der Waals surface area contributed by atoms with E-state index in [2.05, 4.69) is 15.6 Å². The van der Waals surface area contributed by atoms with Crippen LogP contribution in [0.1, 0.15) is 40.2 Å². The number of carboxylic acids is 1. The number of anilines is 1. The summed E-state index contributed by atoms with van der Waals surface area (Å²) in [6, 6.07) is 4.28. The number of benzene rings is 1. The standard InChI is InChI=1S/C21H31N3O5/c1-12(2)18(19(26)27)24-16-8-6-7-15-17(16)13(10-22-15)9-14(11-25)23-20(28)29-21(3,4)5/h6-8,10,12,14,18,22,24-25H,9,11H2,1-5H3,(H,23,28)(H,26,27)/t14-,18-/m0/s1. The van der Waals surface area contributed by atoms with Gasteiger partial charge in [0.2, 0.25) is 0 Å². The number of ether oxygens (including phenoxy) is 1. The number of hydrogen-bond acceptors (Lipinski definition) is 5. The maximum atomic E-state index is 12.1. The van der Waals surface area contributed by atoms with Crippen molar-refractivity contribution in [3.63, 3.8) is 0 Å². The molecule has 160 valence electrons. The van der Waals surface area contributed by atoms with Gasteiger partial charge < -0.3 is 30.6 Å². The van der Waals surface area contributed by atoms with Crippen molar-refractivity contribution in [1.29, 1.82) is 0 Å². The van der Waals surface area contributed by atoms with Crippen molar-refractivity contribution < 1.29 is 24.5 Å². The fraction of sp³-hybridized carbons (Fsp3) is 0.524. The minimum atomic E-state index is -0.922. The Labute approximate surface area is 170 Å². The summed E-state index contributed by atoms with van der Waals surface area (Å²) < 4.78 is 5.26. The average molecular weight is 405 g/mol. The van der Waals surface area contributed by atoms with Crippen molar-refractivity contribution in [2.45, 2.75) is 58.7 Å². The Morgan fingerprint density at radius 2 is 1.93 bits per heavy atom. The van der Waals surface area contributed by atoms with E-state index in [0.717, 1.165) is 16.5 Å². The maximum absolute atomic E-state index is 12.1. The summed E-state index contributed by atoms with van der Waals surface area (Å²) in [5, 5.41) is 25.9. The minimum absolute atomic E-state index is 0.107. The van der Waals surface area contributed by atoms with E-state index < -0.39 is 29.7 Å². The maximum Gasteiger partial charge on any atom is 0.407 e. The van der Waals surface area contributed by atoms with Gasteiger partial charge in [-0.2, -0.15) is 0 Å². The number of carboxylic acid groups (broad SMARTS) is 1. The number of aliphatic hydroxyl groups excluding tert-OH is 1. The van der Waals surface area contributed by atoms with Crippen LogP contribution in [-0.2, 0) is 16.0 Å². The number of rotatable bonds is 8. The first kappa shape index (κ1) is 22.5. The summed E-state index contributed by atoms with van der Waals surface area (Å²) in [6.07, 6.45) is 1.56. The lowest BCUT2D eigenvalue weighted by atomic mass is 10.0. The lowest BCUT2D eigenvalue weighted by Crippen LogP contribution is -2.42. The number of aliphatic carboxylic acids is 1. The Hall–Kier alpha value is -2.74. The molecular formula is C21H31N3O5. The van der Waals surface area contributed by atoms with E-state index in [9.17, 15) is 19.8 Å². The van der Waals surface area contributed by atoms with Crippen LogP contribution in [0.25, 0.3) is 10.9 Å². The summed E-state index contributed by atoms with van der Waals surface area (Å²) in [7, 11) is 0. The molecule has 1 aromatic carbocycles. The molecule has 0 aliphatic carbocycles. The molecule has 0 spiro atoms. The first-order chi connectivity index (χ1) is 13.5. The van der Waals surface area contributed by atoms with E-state index in [1.807, 2.05) is 32.0 Å². The van der Waals surface area contributed by atoms with E-state index in [-0.39, 0.29) is 12.5 Å². The van der Waals surface area contributed by atoms with Gasteiger partial charge in [0.1, 0.15) is 11.6 Å². The van der Waals surface area contributed by atoms with Gasteiger partial charge in [-0.1, -0.05) is 19.9 Å². The van der Waals surface area contributed by atoms with E-state index in [4.69, 9.17) is 4.74 Å². The molecule has 5 N–H and O–H groups in total. The molecule has 29 heavy (non-hydrogen) atoms.